The molecule has 0 heterocycles. The Balaban J connectivity index is 2.72. The van der Waals surface area contributed by atoms with E-state index in [1.165, 1.54) is 25.0 Å². The summed E-state index contributed by atoms with van der Waals surface area (Å²) in [4.78, 5) is 2.54. The molecular weight excluding hydrogens is 204 g/mol. The molecule has 0 aromatic carbocycles. The molecule has 0 bridgehead atoms. The van der Waals surface area contributed by atoms with E-state index in [9.17, 15) is 0 Å². The van der Waals surface area contributed by atoms with Crippen molar-refractivity contribution in [2.45, 2.75) is 44.7 Å². The molecule has 2 N–H and O–H groups in total. The molecular formula is C12H26N2S. The molecule has 0 spiro atoms. The number of thioether (sulfide) groups is 1. The van der Waals surface area contributed by atoms with Crippen molar-refractivity contribution in [2.75, 3.05) is 25.6 Å². The maximum atomic E-state index is 6.05. The second-order valence-electron chi connectivity index (χ2n) is 5.02. The molecule has 1 saturated carbocycles. The van der Waals surface area contributed by atoms with Crippen LogP contribution in [0.5, 0.6) is 0 Å². The molecule has 3 heteroatoms. The van der Waals surface area contributed by atoms with Gasteiger partial charge in [-0.15, -0.1) is 0 Å². The Morgan fingerprint density at radius 1 is 1.60 bits per heavy atom. The van der Waals surface area contributed by atoms with E-state index in [1.54, 1.807) is 0 Å². The van der Waals surface area contributed by atoms with Gasteiger partial charge in [0, 0.05) is 23.9 Å². The van der Waals surface area contributed by atoms with Gasteiger partial charge in [-0.05, 0) is 39.0 Å². The van der Waals surface area contributed by atoms with Gasteiger partial charge in [0.2, 0.25) is 0 Å². The van der Waals surface area contributed by atoms with Crippen LogP contribution in [0.1, 0.15) is 33.1 Å². The largest absolute Gasteiger partial charge is 0.329 e. The summed E-state index contributed by atoms with van der Waals surface area (Å²) in [5.74, 6) is 1.95. The zero-order chi connectivity index (χ0) is 11.5. The van der Waals surface area contributed by atoms with E-state index in [4.69, 9.17) is 5.73 Å². The highest BCUT2D eigenvalue weighted by Gasteiger charge is 2.43. The van der Waals surface area contributed by atoms with Crippen LogP contribution < -0.4 is 5.73 Å². The summed E-state index contributed by atoms with van der Waals surface area (Å²) in [6, 6.07) is 0.629. The number of nitrogens with zero attached hydrogens (tertiary/aromatic N) is 1. The van der Waals surface area contributed by atoms with Crippen LogP contribution in [0.15, 0.2) is 0 Å². The van der Waals surface area contributed by atoms with Crippen molar-refractivity contribution in [1.29, 1.82) is 0 Å². The minimum atomic E-state index is 0.273. The van der Waals surface area contributed by atoms with Gasteiger partial charge in [0.25, 0.3) is 0 Å². The van der Waals surface area contributed by atoms with Gasteiger partial charge in [-0.1, -0.05) is 13.3 Å². The smallest absolute Gasteiger partial charge is 0.0357 e. The Bertz CT molecular complexity index is 198. The van der Waals surface area contributed by atoms with Gasteiger partial charge in [0.05, 0.1) is 0 Å². The molecule has 3 atom stereocenters. The molecule has 0 aromatic heterocycles. The first-order valence-corrected chi connectivity index (χ1v) is 7.40. The van der Waals surface area contributed by atoms with Crippen LogP contribution in [0, 0.1) is 5.92 Å². The third kappa shape index (κ3) is 2.51. The van der Waals surface area contributed by atoms with E-state index < -0.39 is 0 Å². The average molecular weight is 230 g/mol. The molecule has 1 fully saturated rings. The van der Waals surface area contributed by atoms with Gasteiger partial charge in [-0.25, -0.2) is 0 Å². The average Bonchev–Trinajstić information content (AvgIpc) is 2.60. The number of rotatable bonds is 5. The maximum absolute atomic E-state index is 6.05. The van der Waals surface area contributed by atoms with E-state index in [-0.39, 0.29) is 5.54 Å². The SMILES string of the molecule is CSCC(C)N(C)C1(CN)CCCC1C. The van der Waals surface area contributed by atoms with Gasteiger partial charge in [-0.2, -0.15) is 11.8 Å². The maximum Gasteiger partial charge on any atom is 0.0357 e. The highest BCUT2D eigenvalue weighted by molar-refractivity contribution is 7.98. The Labute approximate surface area is 99.0 Å². The van der Waals surface area contributed by atoms with Gasteiger partial charge < -0.3 is 5.73 Å². The van der Waals surface area contributed by atoms with Crippen LogP contribution in [0.4, 0.5) is 0 Å². The first kappa shape index (κ1) is 13.3. The predicted molar refractivity (Wildman–Crippen MR) is 70.4 cm³/mol. The van der Waals surface area contributed by atoms with Crippen molar-refractivity contribution in [2.24, 2.45) is 11.7 Å². The van der Waals surface area contributed by atoms with E-state index in [2.05, 4.69) is 32.1 Å². The van der Waals surface area contributed by atoms with Crippen LogP contribution >= 0.6 is 11.8 Å². The van der Waals surface area contributed by atoms with Crippen LogP contribution in [0.25, 0.3) is 0 Å². The summed E-state index contributed by atoms with van der Waals surface area (Å²) in [5.41, 5.74) is 6.32. The first-order chi connectivity index (χ1) is 7.08. The monoisotopic (exact) mass is 230 g/mol. The standard InChI is InChI=1S/C12H26N2S/c1-10-6-5-7-12(10,9-13)14(3)11(2)8-15-4/h10-11H,5-9,13H2,1-4H3. The van der Waals surface area contributed by atoms with Crippen molar-refractivity contribution in [3.63, 3.8) is 0 Å². The summed E-state index contributed by atoms with van der Waals surface area (Å²) >= 11 is 1.92. The third-order valence-corrected chi connectivity index (χ3v) is 5.10. The summed E-state index contributed by atoms with van der Waals surface area (Å²) in [5, 5.41) is 0. The van der Waals surface area contributed by atoms with Gasteiger partial charge in [0.1, 0.15) is 0 Å². The molecule has 3 unspecified atom stereocenters. The van der Waals surface area contributed by atoms with Crippen LogP contribution in [0.2, 0.25) is 0 Å². The Hall–Kier alpha value is 0.270. The predicted octanol–water partition coefficient (Wildman–Crippen LogP) is 2.19. The number of hydrogen-bond acceptors (Lipinski definition) is 3. The molecule has 1 rings (SSSR count). The zero-order valence-corrected chi connectivity index (χ0v) is 11.4. The molecule has 0 amide bonds. The fraction of sp³-hybridized carbons (Fsp3) is 1.00. The zero-order valence-electron chi connectivity index (χ0n) is 10.6. The fourth-order valence-electron chi connectivity index (χ4n) is 2.99. The summed E-state index contributed by atoms with van der Waals surface area (Å²) in [7, 11) is 2.26. The van der Waals surface area contributed by atoms with Gasteiger partial charge >= 0.3 is 0 Å². The summed E-state index contributed by atoms with van der Waals surface area (Å²) in [6.45, 7) is 5.49. The second-order valence-corrected chi connectivity index (χ2v) is 5.93. The van der Waals surface area contributed by atoms with Crippen molar-refractivity contribution in [3.05, 3.63) is 0 Å². The quantitative estimate of drug-likeness (QED) is 0.785. The minimum Gasteiger partial charge on any atom is -0.329 e. The lowest BCUT2D eigenvalue weighted by atomic mass is 9.86. The molecule has 0 saturated heterocycles. The van der Waals surface area contributed by atoms with E-state index >= 15 is 0 Å². The van der Waals surface area contributed by atoms with E-state index in [1.807, 2.05) is 11.8 Å². The number of hydrogen-bond donors (Lipinski definition) is 1. The molecule has 2 nitrogen and oxygen atoms in total. The molecule has 1 aliphatic rings. The summed E-state index contributed by atoms with van der Waals surface area (Å²) < 4.78 is 0. The van der Waals surface area contributed by atoms with Crippen LogP contribution in [-0.4, -0.2) is 42.1 Å². The highest BCUT2D eigenvalue weighted by atomic mass is 32.2. The Morgan fingerprint density at radius 3 is 2.67 bits per heavy atom. The van der Waals surface area contributed by atoms with Crippen LogP contribution in [0.3, 0.4) is 0 Å². The third-order valence-electron chi connectivity index (χ3n) is 4.29. The Morgan fingerprint density at radius 2 is 2.27 bits per heavy atom. The number of likely N-dealkylation sites (N-methyl/N-ethyl adjacent to an activating group) is 1. The van der Waals surface area contributed by atoms with Crippen molar-refractivity contribution in [3.8, 4) is 0 Å². The topological polar surface area (TPSA) is 29.3 Å². The number of nitrogens with two attached hydrogens (primary N) is 1. The normalized spacial score (nSPS) is 33.6. The van der Waals surface area contributed by atoms with Gasteiger partial charge in [0.15, 0.2) is 0 Å². The molecule has 0 aliphatic heterocycles. The van der Waals surface area contributed by atoms with E-state index in [0.29, 0.717) is 6.04 Å². The minimum absolute atomic E-state index is 0.273. The van der Waals surface area contributed by atoms with Crippen LogP contribution in [-0.2, 0) is 0 Å². The second kappa shape index (κ2) is 5.55. The molecule has 90 valence electrons. The summed E-state index contributed by atoms with van der Waals surface area (Å²) in [6.07, 6.45) is 6.14. The molecule has 1 aliphatic carbocycles. The van der Waals surface area contributed by atoms with E-state index in [0.717, 1.165) is 12.5 Å². The first-order valence-electron chi connectivity index (χ1n) is 6.00. The lowest BCUT2D eigenvalue weighted by molar-refractivity contribution is 0.0644. The lowest BCUT2D eigenvalue weighted by Gasteiger charge is -2.45. The van der Waals surface area contributed by atoms with Crippen molar-refractivity contribution >= 4 is 11.8 Å². The van der Waals surface area contributed by atoms with Crippen molar-refractivity contribution in [1.82, 2.24) is 4.90 Å². The lowest BCUT2D eigenvalue weighted by Crippen LogP contribution is -2.57. The fourth-order valence-corrected chi connectivity index (χ4v) is 3.70. The Kier molecular flexibility index (Phi) is 4.94. The molecule has 15 heavy (non-hydrogen) atoms. The molecule has 0 aromatic rings. The van der Waals surface area contributed by atoms with Gasteiger partial charge in [-0.3, -0.25) is 4.90 Å². The highest BCUT2D eigenvalue weighted by Crippen LogP contribution is 2.39. The van der Waals surface area contributed by atoms with Crippen molar-refractivity contribution < 1.29 is 0 Å². The molecule has 0 radical (unpaired) electrons.